The van der Waals surface area contributed by atoms with Crippen molar-refractivity contribution in [1.82, 2.24) is 15.1 Å². The highest BCUT2D eigenvalue weighted by Gasteiger charge is 2.28. The molecule has 1 aromatic carbocycles. The van der Waals surface area contributed by atoms with E-state index in [1.807, 2.05) is 13.8 Å². The van der Waals surface area contributed by atoms with Gasteiger partial charge in [-0.25, -0.2) is 17.6 Å². The SMILES string of the molecule is CC(C)CCc1c(F)c(F)c(CNC(=O)Cc2c3c(nn2C)C(C)CC3)c(F)c1F. The van der Waals surface area contributed by atoms with Crippen LogP contribution in [-0.4, -0.2) is 15.7 Å². The summed E-state index contributed by atoms with van der Waals surface area (Å²) in [6.07, 6.45) is 2.07. The van der Waals surface area contributed by atoms with Crippen LogP contribution in [0.1, 0.15) is 67.6 Å². The van der Waals surface area contributed by atoms with E-state index in [9.17, 15) is 22.4 Å². The molecule has 0 spiro atoms. The second-order valence-electron chi connectivity index (χ2n) is 8.47. The predicted molar refractivity (Wildman–Crippen MR) is 105 cm³/mol. The summed E-state index contributed by atoms with van der Waals surface area (Å²) in [7, 11) is 1.74. The molecular formula is C22H27F4N3O. The van der Waals surface area contributed by atoms with Crippen molar-refractivity contribution >= 4 is 5.91 Å². The molecule has 0 fully saturated rings. The van der Waals surface area contributed by atoms with Crippen LogP contribution < -0.4 is 5.32 Å². The van der Waals surface area contributed by atoms with E-state index in [2.05, 4.69) is 17.3 Å². The zero-order valence-corrected chi connectivity index (χ0v) is 17.7. The molecular weight excluding hydrogens is 398 g/mol. The number of carbonyl (C=O) groups is 1. The normalized spacial score (nSPS) is 15.7. The Kier molecular flexibility index (Phi) is 6.53. The van der Waals surface area contributed by atoms with E-state index in [-0.39, 0.29) is 18.8 Å². The van der Waals surface area contributed by atoms with Gasteiger partial charge in [0.15, 0.2) is 23.3 Å². The van der Waals surface area contributed by atoms with Crippen LogP contribution in [0.2, 0.25) is 0 Å². The number of rotatable bonds is 7. The highest BCUT2D eigenvalue weighted by Crippen LogP contribution is 2.34. The molecule has 8 heteroatoms. The summed E-state index contributed by atoms with van der Waals surface area (Å²) in [6.45, 7) is 5.14. The Labute approximate surface area is 173 Å². The molecule has 30 heavy (non-hydrogen) atoms. The Morgan fingerprint density at radius 3 is 2.33 bits per heavy atom. The molecule has 1 N–H and O–H groups in total. The third-order valence-electron chi connectivity index (χ3n) is 5.81. The lowest BCUT2D eigenvalue weighted by atomic mass is 9.99. The average Bonchev–Trinajstić information content (AvgIpc) is 3.19. The smallest absolute Gasteiger partial charge is 0.226 e. The van der Waals surface area contributed by atoms with Crippen molar-refractivity contribution in [2.24, 2.45) is 13.0 Å². The largest absolute Gasteiger partial charge is 0.351 e. The molecule has 1 unspecified atom stereocenters. The minimum absolute atomic E-state index is 0.0216. The fourth-order valence-corrected chi connectivity index (χ4v) is 3.94. The Balaban J connectivity index is 1.73. The van der Waals surface area contributed by atoms with E-state index >= 15 is 0 Å². The number of aryl methyl sites for hydroxylation is 1. The van der Waals surface area contributed by atoms with Crippen molar-refractivity contribution in [1.29, 1.82) is 0 Å². The van der Waals surface area contributed by atoms with Crippen LogP contribution in [0.5, 0.6) is 0 Å². The minimum Gasteiger partial charge on any atom is -0.351 e. The number of nitrogens with one attached hydrogen (secondary N) is 1. The van der Waals surface area contributed by atoms with E-state index in [0.29, 0.717) is 12.3 Å². The number of hydrogen-bond donors (Lipinski definition) is 1. The Morgan fingerprint density at radius 2 is 1.73 bits per heavy atom. The molecule has 164 valence electrons. The number of carbonyl (C=O) groups excluding carboxylic acids is 1. The van der Waals surface area contributed by atoms with Crippen LogP contribution in [0.15, 0.2) is 0 Å². The zero-order valence-electron chi connectivity index (χ0n) is 17.7. The number of aromatic nitrogens is 2. The molecule has 0 radical (unpaired) electrons. The molecule has 1 aromatic heterocycles. The van der Waals surface area contributed by atoms with Crippen LogP contribution in [0.3, 0.4) is 0 Å². The van der Waals surface area contributed by atoms with Gasteiger partial charge in [0.1, 0.15) is 0 Å². The number of nitrogens with zero attached hydrogens (tertiary/aromatic N) is 2. The quantitative estimate of drug-likeness (QED) is 0.526. The Morgan fingerprint density at radius 1 is 1.13 bits per heavy atom. The summed E-state index contributed by atoms with van der Waals surface area (Å²) in [5.41, 5.74) is 1.35. The van der Waals surface area contributed by atoms with Crippen LogP contribution in [0.25, 0.3) is 0 Å². The van der Waals surface area contributed by atoms with Crippen molar-refractivity contribution in [3.8, 4) is 0 Å². The number of halogens is 4. The maximum Gasteiger partial charge on any atom is 0.226 e. The zero-order chi connectivity index (χ0) is 22.2. The molecule has 1 amide bonds. The van der Waals surface area contributed by atoms with Gasteiger partial charge in [0, 0.05) is 30.6 Å². The maximum absolute atomic E-state index is 14.4. The molecule has 4 nitrogen and oxygen atoms in total. The lowest BCUT2D eigenvalue weighted by molar-refractivity contribution is -0.120. The van der Waals surface area contributed by atoms with Gasteiger partial charge in [-0.05, 0) is 37.2 Å². The van der Waals surface area contributed by atoms with Gasteiger partial charge >= 0.3 is 0 Å². The molecule has 1 aliphatic rings. The number of amides is 1. The lowest BCUT2D eigenvalue weighted by Crippen LogP contribution is -2.27. The van der Waals surface area contributed by atoms with E-state index in [1.165, 1.54) is 0 Å². The van der Waals surface area contributed by atoms with Crippen LogP contribution in [-0.2, 0) is 37.6 Å². The third-order valence-corrected chi connectivity index (χ3v) is 5.81. The van der Waals surface area contributed by atoms with E-state index < -0.39 is 46.8 Å². The highest BCUT2D eigenvalue weighted by atomic mass is 19.2. The van der Waals surface area contributed by atoms with Gasteiger partial charge in [0.05, 0.1) is 17.8 Å². The lowest BCUT2D eigenvalue weighted by Gasteiger charge is -2.14. The number of benzene rings is 1. The maximum atomic E-state index is 14.4. The summed E-state index contributed by atoms with van der Waals surface area (Å²) in [6, 6.07) is 0. The molecule has 3 rings (SSSR count). The molecule has 1 atom stereocenters. The van der Waals surface area contributed by atoms with Crippen LogP contribution in [0, 0.1) is 29.2 Å². The van der Waals surface area contributed by atoms with Gasteiger partial charge in [0.25, 0.3) is 0 Å². The topological polar surface area (TPSA) is 46.9 Å². The minimum atomic E-state index is -1.46. The van der Waals surface area contributed by atoms with E-state index in [4.69, 9.17) is 0 Å². The fourth-order valence-electron chi connectivity index (χ4n) is 3.94. The van der Waals surface area contributed by atoms with Gasteiger partial charge in [-0.3, -0.25) is 9.48 Å². The molecule has 0 saturated carbocycles. The second-order valence-corrected chi connectivity index (χ2v) is 8.47. The molecule has 2 aromatic rings. The van der Waals surface area contributed by atoms with Crippen LogP contribution in [0.4, 0.5) is 17.6 Å². The Hall–Kier alpha value is -2.38. The second kappa shape index (κ2) is 8.78. The van der Waals surface area contributed by atoms with Crippen molar-refractivity contribution in [2.45, 2.75) is 65.3 Å². The Bertz CT molecular complexity index is 939. The fraction of sp³-hybridized carbons (Fsp3) is 0.545. The van der Waals surface area contributed by atoms with Crippen molar-refractivity contribution in [3.05, 3.63) is 51.3 Å². The summed E-state index contributed by atoms with van der Waals surface area (Å²) in [5, 5.41) is 6.83. The summed E-state index contributed by atoms with van der Waals surface area (Å²) < 4.78 is 59.1. The first-order valence-electron chi connectivity index (χ1n) is 10.3. The van der Waals surface area contributed by atoms with Gasteiger partial charge in [-0.15, -0.1) is 0 Å². The molecule has 0 saturated heterocycles. The van der Waals surface area contributed by atoms with Crippen molar-refractivity contribution < 1.29 is 22.4 Å². The molecule has 0 bridgehead atoms. The molecule has 1 aliphatic carbocycles. The van der Waals surface area contributed by atoms with Gasteiger partial charge in [0.2, 0.25) is 5.91 Å². The average molecular weight is 425 g/mol. The number of fused-ring (bicyclic) bond motifs is 1. The van der Waals surface area contributed by atoms with E-state index in [0.717, 1.165) is 29.8 Å². The first-order chi connectivity index (χ1) is 14.1. The first kappa shape index (κ1) is 22.3. The van der Waals surface area contributed by atoms with Crippen molar-refractivity contribution in [3.63, 3.8) is 0 Å². The van der Waals surface area contributed by atoms with E-state index in [1.54, 1.807) is 11.7 Å². The number of hydrogen-bond acceptors (Lipinski definition) is 2. The molecule has 1 heterocycles. The van der Waals surface area contributed by atoms with Crippen LogP contribution >= 0.6 is 0 Å². The summed E-state index contributed by atoms with van der Waals surface area (Å²) >= 11 is 0. The molecule has 0 aliphatic heterocycles. The summed E-state index contributed by atoms with van der Waals surface area (Å²) in [5.74, 6) is -5.73. The third kappa shape index (κ3) is 4.23. The monoisotopic (exact) mass is 425 g/mol. The standard InChI is InChI=1S/C22H27F4N3O/c1-11(2)5-7-14-18(23)20(25)15(21(26)19(14)24)10-27-17(30)9-16-13-8-6-12(3)22(13)28-29(16)4/h11-12H,5-10H2,1-4H3,(H,27,30). The first-order valence-corrected chi connectivity index (χ1v) is 10.3. The predicted octanol–water partition coefficient (Wildman–Crippen LogP) is 4.47. The summed E-state index contributed by atoms with van der Waals surface area (Å²) in [4.78, 5) is 12.4. The van der Waals surface area contributed by atoms with Gasteiger partial charge in [-0.1, -0.05) is 20.8 Å². The van der Waals surface area contributed by atoms with Gasteiger partial charge in [-0.2, -0.15) is 5.10 Å². The van der Waals surface area contributed by atoms with Crippen molar-refractivity contribution in [2.75, 3.05) is 0 Å². The van der Waals surface area contributed by atoms with Gasteiger partial charge < -0.3 is 5.32 Å². The highest BCUT2D eigenvalue weighted by molar-refractivity contribution is 5.78.